The number of halogens is 2. The third-order valence-electron chi connectivity index (χ3n) is 11.1. The van der Waals surface area contributed by atoms with Gasteiger partial charge in [-0.15, -0.1) is 46.7 Å². The minimum Gasteiger partial charge on any atom is -0.494 e. The van der Waals surface area contributed by atoms with Gasteiger partial charge in [0.05, 0.1) is 29.7 Å². The van der Waals surface area contributed by atoms with Gasteiger partial charge in [0.1, 0.15) is 11.5 Å². The van der Waals surface area contributed by atoms with Crippen LogP contribution < -0.4 is 35.7 Å². The summed E-state index contributed by atoms with van der Waals surface area (Å²) >= 11 is 8.75. The Bertz CT molecular complexity index is 3050. The largest absolute Gasteiger partial charge is 0.494 e. The number of hydrogen-bond donors (Lipinski definition) is 3. The van der Waals surface area contributed by atoms with Crippen LogP contribution in [0.2, 0.25) is 0 Å². The summed E-state index contributed by atoms with van der Waals surface area (Å²) in [5.74, 6) is 2.21. The first-order valence-electron chi connectivity index (χ1n) is 23.6. The van der Waals surface area contributed by atoms with Crippen LogP contribution in [0.25, 0.3) is 42.0 Å². The molecule has 8 aromatic rings. The summed E-state index contributed by atoms with van der Waals surface area (Å²) in [6.07, 6.45) is 3.93. The zero-order chi connectivity index (χ0) is 46.7. The molecule has 14 heteroatoms. The van der Waals surface area contributed by atoms with Gasteiger partial charge in [-0.1, -0.05) is 19.6 Å². The van der Waals surface area contributed by atoms with Crippen molar-refractivity contribution in [1.82, 2.24) is 20.2 Å². The Kier molecular flexibility index (Phi) is 16.8. The number of nitrogens with zero attached hydrogens (tertiary/aromatic N) is 3. The number of fused-ring (bicyclic) bond motifs is 4. The summed E-state index contributed by atoms with van der Waals surface area (Å²) in [5, 5.41) is 11.4. The number of rotatable bonds is 13. The number of thiophene rings is 2. The Balaban J connectivity index is 0.000000184. The van der Waals surface area contributed by atoms with Crippen LogP contribution in [0.1, 0.15) is 38.6 Å². The average Bonchev–Trinajstić information content (AvgIpc) is 4.03. The highest BCUT2D eigenvalue weighted by molar-refractivity contribution is 7.17. The Morgan fingerprint density at radius 3 is 1.63 bits per heavy atom. The quantitative estimate of drug-likeness (QED) is 0.0775. The Morgan fingerprint density at radius 2 is 1.11 bits per heavy atom. The first kappa shape index (κ1) is 43.8. The van der Waals surface area contributed by atoms with Gasteiger partial charge in [-0.3, -0.25) is 14.5 Å². The molecule has 10 nitrogen and oxygen atoms in total. The van der Waals surface area contributed by atoms with Crippen molar-refractivity contribution in [2.45, 2.75) is 33.1 Å². The van der Waals surface area contributed by atoms with Gasteiger partial charge in [0.15, 0.2) is 0 Å². The Labute approximate surface area is 406 Å². The summed E-state index contributed by atoms with van der Waals surface area (Å²) in [5.41, 5.74) is 3.37. The van der Waals surface area contributed by atoms with Crippen LogP contribution in [0.3, 0.4) is 0 Å². The molecule has 0 bridgehead atoms. The maximum Gasteiger partial charge on any atom is 0.248 e. The number of anilines is 2. The summed E-state index contributed by atoms with van der Waals surface area (Å²) in [4.78, 5) is 35.3. The van der Waals surface area contributed by atoms with Gasteiger partial charge in [-0.2, -0.15) is 0 Å². The number of unbranched alkanes of at least 4 members (excludes halogenated alkanes) is 2. The molecule has 0 radical (unpaired) electrons. The SMILES string of the molecule is C.Cl.O=c1ccc2ccc(OCCCCCl)cc2[nH]1.[2H]c1cc([2H])c2sccc2c1N1CCN(CCCCOc2ccc3ccc(=O)[nH]c3c2)CC1.[2H]c1cc([2H])c2sccc2c1N1CCNCC1. The van der Waals surface area contributed by atoms with Gasteiger partial charge in [0.2, 0.25) is 11.1 Å². The minimum atomic E-state index is -0.105. The number of hydrogen-bond acceptors (Lipinski definition) is 10. The fourth-order valence-electron chi connectivity index (χ4n) is 7.77. The molecule has 0 aliphatic carbocycles. The van der Waals surface area contributed by atoms with E-state index in [0.29, 0.717) is 43.3 Å². The molecular formula is C51H60Cl2N6O4S2. The van der Waals surface area contributed by atoms with Gasteiger partial charge in [0.25, 0.3) is 0 Å². The molecule has 0 amide bonds. The van der Waals surface area contributed by atoms with Crippen molar-refractivity contribution in [2.24, 2.45) is 0 Å². The topological polar surface area (TPSA) is 106 Å². The predicted molar refractivity (Wildman–Crippen MR) is 281 cm³/mol. The second-order valence-corrected chi connectivity index (χ2v) is 17.6. The van der Waals surface area contributed by atoms with Gasteiger partial charge in [-0.25, -0.2) is 0 Å². The minimum absolute atomic E-state index is 0. The lowest BCUT2D eigenvalue weighted by Gasteiger charge is -2.36. The summed E-state index contributed by atoms with van der Waals surface area (Å²) in [6.45, 7) is 9.91. The molecule has 0 unspecified atom stereocenters. The van der Waals surface area contributed by atoms with E-state index in [1.54, 1.807) is 40.9 Å². The molecule has 2 aliphatic rings. The molecule has 10 rings (SSSR count). The van der Waals surface area contributed by atoms with Crippen LogP contribution in [-0.4, -0.2) is 92.9 Å². The second-order valence-electron chi connectivity index (χ2n) is 15.4. The number of alkyl halides is 1. The number of nitrogens with one attached hydrogen (secondary N) is 3. The lowest BCUT2D eigenvalue weighted by molar-refractivity contribution is 0.239. The molecule has 4 aromatic carbocycles. The van der Waals surface area contributed by atoms with Gasteiger partial charge < -0.3 is 34.6 Å². The van der Waals surface area contributed by atoms with E-state index >= 15 is 0 Å². The monoisotopic (exact) mass is 958 g/mol. The van der Waals surface area contributed by atoms with Gasteiger partial charge in [-0.05, 0) is 126 Å². The summed E-state index contributed by atoms with van der Waals surface area (Å²) < 4.78 is 45.9. The average molecular weight is 960 g/mol. The number of benzene rings is 4. The first-order chi connectivity index (χ1) is 32.6. The van der Waals surface area contributed by atoms with Crippen LogP contribution in [0.15, 0.2) is 129 Å². The fourth-order valence-corrected chi connectivity index (χ4v) is 9.48. The Morgan fingerprint density at radius 1 is 0.615 bits per heavy atom. The molecule has 4 aromatic heterocycles. The van der Waals surface area contributed by atoms with E-state index in [9.17, 15) is 9.59 Å². The predicted octanol–water partition coefficient (Wildman–Crippen LogP) is 11.0. The van der Waals surface area contributed by atoms with Crippen molar-refractivity contribution in [3.8, 4) is 11.5 Å². The molecule has 65 heavy (non-hydrogen) atoms. The molecule has 0 spiro atoms. The third-order valence-corrected chi connectivity index (χ3v) is 13.1. The highest BCUT2D eigenvalue weighted by Crippen LogP contribution is 2.32. The van der Waals surface area contributed by atoms with Crippen LogP contribution in [0.4, 0.5) is 11.4 Å². The number of H-pyrrole nitrogens is 2. The fraction of sp³-hybridized carbons (Fsp3) is 0.333. The van der Waals surface area contributed by atoms with E-state index in [1.165, 1.54) is 12.1 Å². The smallest absolute Gasteiger partial charge is 0.248 e. The second kappa shape index (κ2) is 25.0. The molecule has 2 saturated heterocycles. The molecule has 3 N–H and O–H groups in total. The Hall–Kier alpha value is -5.08. The maximum atomic E-state index is 11.5. The van der Waals surface area contributed by atoms with E-state index in [1.807, 2.05) is 65.4 Å². The molecule has 0 saturated carbocycles. The summed E-state index contributed by atoms with van der Waals surface area (Å²) in [6, 6.07) is 27.4. The van der Waals surface area contributed by atoms with Crippen LogP contribution in [0.5, 0.6) is 11.5 Å². The molecule has 2 fully saturated rings. The van der Waals surface area contributed by atoms with E-state index < -0.39 is 0 Å². The number of pyridine rings is 2. The van der Waals surface area contributed by atoms with Crippen molar-refractivity contribution < 1.29 is 15.0 Å². The summed E-state index contributed by atoms with van der Waals surface area (Å²) in [7, 11) is 0. The molecular weight excluding hydrogens is 896 g/mol. The van der Waals surface area contributed by atoms with Crippen molar-refractivity contribution >= 4 is 100 Å². The highest BCUT2D eigenvalue weighted by atomic mass is 35.5. The van der Waals surface area contributed by atoms with Crippen LogP contribution in [-0.2, 0) is 0 Å². The molecule has 0 atom stereocenters. The number of aromatic amines is 2. The number of piperazine rings is 2. The molecule has 6 heterocycles. The van der Waals surface area contributed by atoms with Crippen molar-refractivity contribution in [2.75, 3.05) is 87.8 Å². The zero-order valence-electron chi connectivity index (χ0n) is 39.6. The number of ether oxygens (including phenoxy) is 2. The van der Waals surface area contributed by atoms with E-state index in [0.717, 1.165) is 149 Å². The molecule has 2 aliphatic heterocycles. The van der Waals surface area contributed by atoms with Crippen molar-refractivity contribution in [3.05, 3.63) is 141 Å². The van der Waals surface area contributed by atoms with Crippen molar-refractivity contribution in [3.63, 3.8) is 0 Å². The van der Waals surface area contributed by atoms with E-state index in [2.05, 4.69) is 30.0 Å². The maximum absolute atomic E-state index is 11.5. The highest BCUT2D eigenvalue weighted by Gasteiger charge is 2.19. The first-order valence-corrected chi connectivity index (χ1v) is 23.9. The number of aromatic nitrogens is 2. The standard InChI is InChI=1S/C25H27N3O2S.C13H14ClNO2.C12H14N2S.CH4.ClH/c29-25-9-7-19-6-8-20(18-22(19)26-25)30-16-2-1-11-27-12-14-28(15-13-27)23-4-3-5-24-21(23)10-17-31-24;14-7-1-2-8-17-11-5-3-10-4-6-13(16)15-12(10)9-11;1-2-11(14-7-5-13-6-8-14)10-4-9-15-12(10)3-1;;/h3-10,17-18H,1-2,11-16H2,(H,26,29);3-6,9H,1-2,7-8H2,(H,15,16);1-4,9,13H,5-8H2;1H4;1H/i4D,5D;;2D,3D;;. The lowest BCUT2D eigenvalue weighted by atomic mass is 10.2. The van der Waals surface area contributed by atoms with Crippen LogP contribution >= 0.6 is 46.7 Å². The van der Waals surface area contributed by atoms with Gasteiger partial charge >= 0.3 is 0 Å². The van der Waals surface area contributed by atoms with Crippen molar-refractivity contribution in [1.29, 1.82) is 0 Å². The van der Waals surface area contributed by atoms with E-state index in [4.69, 9.17) is 26.6 Å². The van der Waals surface area contributed by atoms with E-state index in [-0.39, 0.29) is 31.0 Å². The third kappa shape index (κ3) is 13.5. The zero-order valence-corrected chi connectivity index (χ0v) is 38.8. The lowest BCUT2D eigenvalue weighted by Crippen LogP contribution is -2.46. The molecule has 344 valence electrons. The van der Waals surface area contributed by atoms with Crippen LogP contribution in [0, 0.1) is 0 Å². The van der Waals surface area contributed by atoms with Gasteiger partial charge in [0, 0.05) is 114 Å². The normalized spacial score (nSPS) is 14.8.